The number of hydrogen-bond donors (Lipinski definition) is 2. The van der Waals surface area contributed by atoms with Crippen LogP contribution in [0.5, 0.6) is 0 Å². The van der Waals surface area contributed by atoms with E-state index in [1.54, 1.807) is 29.3 Å². The Labute approximate surface area is 144 Å². The number of rotatable bonds is 5. The fourth-order valence-corrected chi connectivity index (χ4v) is 2.46. The molecule has 0 aliphatic carbocycles. The standard InChI is InChI=1S/C18H19N5O2/c1-12(2)23-17-15(11-21-23)8-14(18(25)22-17)5-6-16(24)20-10-13-4-3-7-19-9-13/h3-9,11-12H,10H2,1-2H3,(H,20,24)(H,22,25)/b6-5+. The zero-order valence-corrected chi connectivity index (χ0v) is 14.1. The number of hydrogen-bond acceptors (Lipinski definition) is 4. The van der Waals surface area contributed by atoms with Crippen molar-refractivity contribution < 1.29 is 4.79 Å². The van der Waals surface area contributed by atoms with Crippen LogP contribution in [0.3, 0.4) is 0 Å². The number of nitrogens with zero attached hydrogens (tertiary/aromatic N) is 3. The largest absolute Gasteiger partial charge is 0.348 e. The van der Waals surface area contributed by atoms with Crippen LogP contribution in [0.25, 0.3) is 17.1 Å². The zero-order chi connectivity index (χ0) is 17.8. The zero-order valence-electron chi connectivity index (χ0n) is 14.1. The Bertz CT molecular complexity index is 970. The van der Waals surface area contributed by atoms with E-state index in [0.29, 0.717) is 17.8 Å². The first kappa shape index (κ1) is 16.6. The molecule has 7 heteroatoms. The fraction of sp³-hybridized carbons (Fsp3) is 0.222. The van der Waals surface area contributed by atoms with Crippen molar-refractivity contribution in [3.63, 3.8) is 0 Å². The van der Waals surface area contributed by atoms with Crippen LogP contribution in [0.15, 0.2) is 47.7 Å². The normalized spacial score (nSPS) is 11.5. The smallest absolute Gasteiger partial charge is 0.256 e. The van der Waals surface area contributed by atoms with Gasteiger partial charge < -0.3 is 10.3 Å². The molecule has 0 radical (unpaired) electrons. The van der Waals surface area contributed by atoms with Gasteiger partial charge in [0.15, 0.2) is 0 Å². The minimum Gasteiger partial charge on any atom is -0.348 e. The lowest BCUT2D eigenvalue weighted by molar-refractivity contribution is -0.116. The summed E-state index contributed by atoms with van der Waals surface area (Å²) >= 11 is 0. The number of carbonyl (C=O) groups is 1. The molecular formula is C18H19N5O2. The van der Waals surface area contributed by atoms with Crippen LogP contribution in [0.1, 0.15) is 31.0 Å². The molecule has 0 spiro atoms. The van der Waals surface area contributed by atoms with Crippen molar-refractivity contribution in [3.05, 3.63) is 64.3 Å². The fourth-order valence-electron chi connectivity index (χ4n) is 2.46. The summed E-state index contributed by atoms with van der Waals surface area (Å²) in [6, 6.07) is 5.56. The summed E-state index contributed by atoms with van der Waals surface area (Å²) in [6.07, 6.45) is 7.92. The maximum absolute atomic E-state index is 12.2. The molecule has 1 amide bonds. The van der Waals surface area contributed by atoms with E-state index >= 15 is 0 Å². The number of aromatic nitrogens is 4. The lowest BCUT2D eigenvalue weighted by atomic mass is 10.2. The number of aromatic amines is 1. The van der Waals surface area contributed by atoms with Crippen LogP contribution in [0, 0.1) is 0 Å². The quantitative estimate of drug-likeness (QED) is 0.697. The average molecular weight is 337 g/mol. The lowest BCUT2D eigenvalue weighted by Crippen LogP contribution is -2.20. The number of fused-ring (bicyclic) bond motifs is 1. The molecule has 128 valence electrons. The number of carbonyl (C=O) groups excluding carboxylic acids is 1. The van der Waals surface area contributed by atoms with Crippen molar-refractivity contribution in [2.24, 2.45) is 0 Å². The highest BCUT2D eigenvalue weighted by atomic mass is 16.1. The third-order valence-corrected chi connectivity index (χ3v) is 3.72. The van der Waals surface area contributed by atoms with Crippen LogP contribution < -0.4 is 10.9 Å². The molecule has 3 aromatic heterocycles. The summed E-state index contributed by atoms with van der Waals surface area (Å²) < 4.78 is 1.75. The van der Waals surface area contributed by atoms with E-state index in [9.17, 15) is 9.59 Å². The number of H-pyrrole nitrogens is 1. The van der Waals surface area contributed by atoms with Crippen LogP contribution in [0.2, 0.25) is 0 Å². The Morgan fingerprint density at radius 3 is 2.96 bits per heavy atom. The molecule has 0 fully saturated rings. The predicted molar refractivity (Wildman–Crippen MR) is 95.9 cm³/mol. The highest BCUT2D eigenvalue weighted by Gasteiger charge is 2.08. The Morgan fingerprint density at radius 1 is 1.40 bits per heavy atom. The van der Waals surface area contributed by atoms with Gasteiger partial charge in [-0.3, -0.25) is 14.6 Å². The summed E-state index contributed by atoms with van der Waals surface area (Å²) in [5.74, 6) is -0.277. The molecule has 2 N–H and O–H groups in total. The Morgan fingerprint density at radius 2 is 2.24 bits per heavy atom. The van der Waals surface area contributed by atoms with Crippen molar-refractivity contribution in [3.8, 4) is 0 Å². The molecule has 0 aliphatic heterocycles. The third kappa shape index (κ3) is 3.82. The average Bonchev–Trinajstić information content (AvgIpc) is 3.01. The van der Waals surface area contributed by atoms with E-state index in [0.717, 1.165) is 10.9 Å². The predicted octanol–water partition coefficient (Wildman–Crippen LogP) is 2.03. The number of pyridine rings is 2. The minimum atomic E-state index is -0.277. The molecular weight excluding hydrogens is 318 g/mol. The summed E-state index contributed by atoms with van der Waals surface area (Å²) in [5.41, 5.74) is 1.74. The molecule has 0 saturated heterocycles. The topological polar surface area (TPSA) is 92.7 Å². The molecule has 25 heavy (non-hydrogen) atoms. The van der Waals surface area contributed by atoms with Gasteiger partial charge in [0.05, 0.1) is 6.20 Å². The maximum Gasteiger partial charge on any atom is 0.256 e. The summed E-state index contributed by atoms with van der Waals surface area (Å²) in [7, 11) is 0. The highest BCUT2D eigenvalue weighted by Crippen LogP contribution is 2.15. The van der Waals surface area contributed by atoms with Crippen LogP contribution >= 0.6 is 0 Å². The van der Waals surface area contributed by atoms with Gasteiger partial charge >= 0.3 is 0 Å². The van der Waals surface area contributed by atoms with E-state index in [1.165, 1.54) is 12.2 Å². The first-order valence-corrected chi connectivity index (χ1v) is 8.00. The van der Waals surface area contributed by atoms with Gasteiger partial charge in [-0.25, -0.2) is 4.68 Å². The highest BCUT2D eigenvalue weighted by molar-refractivity contribution is 5.92. The second kappa shape index (κ2) is 7.12. The van der Waals surface area contributed by atoms with Gasteiger partial charge in [-0.15, -0.1) is 0 Å². The van der Waals surface area contributed by atoms with Crippen molar-refractivity contribution in [2.45, 2.75) is 26.4 Å². The van der Waals surface area contributed by atoms with E-state index in [1.807, 2.05) is 26.0 Å². The molecule has 3 heterocycles. The van der Waals surface area contributed by atoms with Crippen LogP contribution in [-0.2, 0) is 11.3 Å². The maximum atomic E-state index is 12.2. The summed E-state index contributed by atoms with van der Waals surface area (Å²) in [5, 5.41) is 7.85. The van der Waals surface area contributed by atoms with Gasteiger partial charge in [0.1, 0.15) is 5.65 Å². The van der Waals surface area contributed by atoms with E-state index < -0.39 is 0 Å². The van der Waals surface area contributed by atoms with Crippen LogP contribution in [0.4, 0.5) is 0 Å². The molecule has 3 aromatic rings. The third-order valence-electron chi connectivity index (χ3n) is 3.72. The molecule has 0 atom stereocenters. The van der Waals surface area contributed by atoms with Crippen molar-refractivity contribution in [1.82, 2.24) is 25.1 Å². The lowest BCUT2D eigenvalue weighted by Gasteiger charge is -2.06. The molecule has 0 aliphatic rings. The van der Waals surface area contributed by atoms with E-state index in [-0.39, 0.29) is 17.5 Å². The number of amides is 1. The summed E-state index contributed by atoms with van der Waals surface area (Å²) in [4.78, 5) is 30.9. The molecule has 7 nitrogen and oxygen atoms in total. The molecule has 3 rings (SSSR count). The van der Waals surface area contributed by atoms with Gasteiger partial charge in [-0.05, 0) is 37.6 Å². The monoisotopic (exact) mass is 337 g/mol. The second-order valence-electron chi connectivity index (χ2n) is 5.95. The molecule has 0 bridgehead atoms. The van der Waals surface area contributed by atoms with Gasteiger partial charge in [-0.1, -0.05) is 6.07 Å². The molecule has 0 unspecified atom stereocenters. The van der Waals surface area contributed by atoms with Crippen LogP contribution in [-0.4, -0.2) is 25.7 Å². The van der Waals surface area contributed by atoms with Crippen molar-refractivity contribution in [2.75, 3.05) is 0 Å². The van der Waals surface area contributed by atoms with Gasteiger partial charge in [0.2, 0.25) is 5.91 Å². The SMILES string of the molecule is CC(C)n1ncc2cc(/C=C/C(=O)NCc3cccnc3)c(=O)[nH]c21. The van der Waals surface area contributed by atoms with Gasteiger partial charge in [0, 0.05) is 42.0 Å². The second-order valence-corrected chi connectivity index (χ2v) is 5.95. The molecule has 0 saturated carbocycles. The summed E-state index contributed by atoms with van der Waals surface area (Å²) in [6.45, 7) is 4.36. The first-order valence-electron chi connectivity index (χ1n) is 8.00. The van der Waals surface area contributed by atoms with Crippen molar-refractivity contribution >= 4 is 23.0 Å². The Hall–Kier alpha value is -3.22. The minimum absolute atomic E-state index is 0.146. The van der Waals surface area contributed by atoms with Gasteiger partial charge in [-0.2, -0.15) is 5.10 Å². The Balaban J connectivity index is 1.73. The molecule has 0 aromatic carbocycles. The first-order chi connectivity index (χ1) is 12.0. The number of nitrogens with one attached hydrogen (secondary N) is 2. The van der Waals surface area contributed by atoms with E-state index in [2.05, 4.69) is 20.4 Å². The van der Waals surface area contributed by atoms with Gasteiger partial charge in [0.25, 0.3) is 5.56 Å². The Kier molecular flexibility index (Phi) is 4.74. The van der Waals surface area contributed by atoms with E-state index in [4.69, 9.17) is 0 Å². The van der Waals surface area contributed by atoms with Crippen molar-refractivity contribution in [1.29, 1.82) is 0 Å².